The summed E-state index contributed by atoms with van der Waals surface area (Å²) in [7, 11) is 0. The molecule has 0 aliphatic rings. The Labute approximate surface area is 177 Å². The number of hydrogen-bond acceptors (Lipinski definition) is 3. The maximum Gasteiger partial charge on any atom is 0.233 e. The van der Waals surface area contributed by atoms with Crippen LogP contribution in [0.25, 0.3) is 11.3 Å². The number of nitrogens with zero attached hydrogens (tertiary/aromatic N) is 2. The molecule has 1 amide bonds. The van der Waals surface area contributed by atoms with Gasteiger partial charge < -0.3 is 0 Å². The highest BCUT2D eigenvalue weighted by Crippen LogP contribution is 2.41. The van der Waals surface area contributed by atoms with Crippen molar-refractivity contribution in [2.45, 2.75) is 26.7 Å². The molecule has 0 bridgehead atoms. The molecular weight excluding hydrogens is 423 g/mol. The first-order chi connectivity index (χ1) is 12.9. The first kappa shape index (κ1) is 20.2. The molecular formula is C20H17Cl3N2OS. The van der Waals surface area contributed by atoms with E-state index < -0.39 is 0 Å². The topological polar surface area (TPSA) is 33.2 Å². The molecule has 1 aromatic heterocycles. The molecule has 0 atom stereocenters. The van der Waals surface area contributed by atoms with E-state index in [-0.39, 0.29) is 5.91 Å². The number of carbonyl (C=O) groups excluding carboxylic acids is 1. The fourth-order valence-electron chi connectivity index (χ4n) is 2.69. The van der Waals surface area contributed by atoms with Crippen molar-refractivity contribution in [3.63, 3.8) is 0 Å². The Morgan fingerprint density at radius 2 is 1.81 bits per heavy atom. The Morgan fingerprint density at radius 3 is 2.48 bits per heavy atom. The van der Waals surface area contributed by atoms with Crippen LogP contribution in [0.15, 0.2) is 42.5 Å². The number of amides is 1. The molecule has 3 aromatic rings. The van der Waals surface area contributed by atoms with Crippen LogP contribution in [-0.2, 0) is 4.79 Å². The predicted octanol–water partition coefficient (Wildman–Crippen LogP) is 7.54. The van der Waals surface area contributed by atoms with Gasteiger partial charge in [-0.3, -0.25) is 9.69 Å². The molecule has 0 fully saturated rings. The van der Waals surface area contributed by atoms with E-state index in [1.54, 1.807) is 23.1 Å². The van der Waals surface area contributed by atoms with Crippen molar-refractivity contribution in [3.8, 4) is 11.3 Å². The van der Waals surface area contributed by atoms with Gasteiger partial charge in [-0.1, -0.05) is 59.9 Å². The minimum Gasteiger partial charge on any atom is -0.274 e. The largest absolute Gasteiger partial charge is 0.274 e. The van der Waals surface area contributed by atoms with Crippen molar-refractivity contribution < 1.29 is 4.79 Å². The molecule has 1 heterocycles. The number of thiazole rings is 1. The van der Waals surface area contributed by atoms with Crippen molar-refractivity contribution in [1.82, 2.24) is 4.98 Å². The van der Waals surface area contributed by atoms with Crippen molar-refractivity contribution in [1.29, 1.82) is 0 Å². The van der Waals surface area contributed by atoms with E-state index in [4.69, 9.17) is 39.8 Å². The maximum atomic E-state index is 12.9. The van der Waals surface area contributed by atoms with Crippen LogP contribution in [0.2, 0.25) is 15.1 Å². The molecule has 3 rings (SSSR count). The fraction of sp³-hybridized carbons (Fsp3) is 0.200. The zero-order valence-corrected chi connectivity index (χ0v) is 17.9. The Hall–Kier alpha value is -1.59. The van der Waals surface area contributed by atoms with Crippen LogP contribution >= 0.6 is 46.1 Å². The number of halogens is 3. The van der Waals surface area contributed by atoms with Crippen LogP contribution in [-0.4, -0.2) is 10.9 Å². The third-order valence-electron chi connectivity index (χ3n) is 3.98. The number of anilines is 2. The van der Waals surface area contributed by atoms with E-state index in [0.29, 0.717) is 32.3 Å². The van der Waals surface area contributed by atoms with Gasteiger partial charge in [0.1, 0.15) is 0 Å². The van der Waals surface area contributed by atoms with Gasteiger partial charge in [0.25, 0.3) is 0 Å². The summed E-state index contributed by atoms with van der Waals surface area (Å²) in [4.78, 5) is 20.2. The fourth-order valence-corrected chi connectivity index (χ4v) is 4.16. The van der Waals surface area contributed by atoms with E-state index in [1.165, 1.54) is 11.3 Å². The Kier molecular flexibility index (Phi) is 6.43. The summed E-state index contributed by atoms with van der Waals surface area (Å²) in [5, 5.41) is 1.97. The van der Waals surface area contributed by atoms with E-state index in [2.05, 4.69) is 0 Å². The lowest BCUT2D eigenvalue weighted by atomic mass is 10.1. The average molecular weight is 440 g/mol. The number of carbonyl (C=O) groups is 1. The van der Waals surface area contributed by atoms with Crippen LogP contribution in [0.1, 0.15) is 24.6 Å². The Balaban J connectivity index is 2.10. The molecule has 0 saturated heterocycles. The second-order valence-corrected chi connectivity index (χ2v) is 8.36. The molecule has 140 valence electrons. The molecule has 7 heteroatoms. The molecule has 0 radical (unpaired) electrons. The van der Waals surface area contributed by atoms with Crippen LogP contribution < -0.4 is 4.90 Å². The predicted molar refractivity (Wildman–Crippen MR) is 116 cm³/mol. The Morgan fingerprint density at radius 1 is 1.11 bits per heavy atom. The first-order valence-corrected chi connectivity index (χ1v) is 10.4. The standard InChI is InChI=1S/C20H17Cl3N2OS/c1-3-5-17(26)25(16-7-4-6-15(22)18(16)23)20-24-19(12(2)27-20)13-8-10-14(21)11-9-13/h4,6-11H,3,5H2,1-2H3. The molecule has 27 heavy (non-hydrogen) atoms. The summed E-state index contributed by atoms with van der Waals surface area (Å²) in [6.45, 7) is 3.94. The average Bonchev–Trinajstić information content (AvgIpc) is 3.01. The van der Waals surface area contributed by atoms with Crippen LogP contribution in [0.4, 0.5) is 10.8 Å². The molecule has 0 spiro atoms. The molecule has 0 unspecified atom stereocenters. The summed E-state index contributed by atoms with van der Waals surface area (Å²) in [6, 6.07) is 12.7. The van der Waals surface area contributed by atoms with Gasteiger partial charge in [0.2, 0.25) is 5.91 Å². The van der Waals surface area contributed by atoms with Crippen molar-refractivity contribution in [3.05, 3.63) is 62.4 Å². The van der Waals surface area contributed by atoms with Gasteiger partial charge in [-0.2, -0.15) is 0 Å². The second kappa shape index (κ2) is 8.61. The van der Waals surface area contributed by atoms with Crippen LogP contribution in [0, 0.1) is 6.92 Å². The maximum absolute atomic E-state index is 12.9. The second-order valence-electron chi connectivity index (χ2n) is 5.96. The summed E-state index contributed by atoms with van der Waals surface area (Å²) >= 11 is 20.0. The smallest absolute Gasteiger partial charge is 0.233 e. The molecule has 0 aliphatic heterocycles. The normalized spacial score (nSPS) is 10.9. The van der Waals surface area contributed by atoms with Crippen molar-refractivity contribution in [2.24, 2.45) is 0 Å². The number of rotatable bonds is 5. The van der Waals surface area contributed by atoms with E-state index in [1.807, 2.05) is 38.1 Å². The van der Waals surface area contributed by atoms with Crippen molar-refractivity contribution >= 4 is 62.9 Å². The summed E-state index contributed by atoms with van der Waals surface area (Å²) in [5.74, 6) is -0.0712. The third-order valence-corrected chi connectivity index (χ3v) is 6.00. The highest BCUT2D eigenvalue weighted by atomic mass is 35.5. The van der Waals surface area contributed by atoms with Gasteiger partial charge in [-0.15, -0.1) is 11.3 Å². The molecule has 0 saturated carbocycles. The van der Waals surface area contributed by atoms with Gasteiger partial charge in [0, 0.05) is 21.9 Å². The van der Waals surface area contributed by atoms with Gasteiger partial charge in [0.05, 0.1) is 21.4 Å². The van der Waals surface area contributed by atoms with Crippen molar-refractivity contribution in [2.75, 3.05) is 4.90 Å². The lowest BCUT2D eigenvalue weighted by Crippen LogP contribution is -2.25. The van der Waals surface area contributed by atoms with Gasteiger partial charge in [-0.05, 0) is 37.6 Å². The third kappa shape index (κ3) is 4.30. The lowest BCUT2D eigenvalue weighted by Gasteiger charge is -2.21. The highest BCUT2D eigenvalue weighted by molar-refractivity contribution is 7.16. The van der Waals surface area contributed by atoms with Crippen LogP contribution in [0.5, 0.6) is 0 Å². The minimum atomic E-state index is -0.0712. The SMILES string of the molecule is CCCC(=O)N(c1nc(-c2ccc(Cl)cc2)c(C)s1)c1cccc(Cl)c1Cl. The molecule has 0 aliphatic carbocycles. The lowest BCUT2D eigenvalue weighted by molar-refractivity contribution is -0.117. The molecule has 2 aromatic carbocycles. The van der Waals surface area contributed by atoms with Gasteiger partial charge >= 0.3 is 0 Å². The number of aryl methyl sites for hydroxylation is 1. The monoisotopic (exact) mass is 438 g/mol. The number of hydrogen-bond donors (Lipinski definition) is 0. The molecule has 0 N–H and O–H groups in total. The zero-order chi connectivity index (χ0) is 19.6. The number of benzene rings is 2. The summed E-state index contributed by atoms with van der Waals surface area (Å²) < 4.78 is 0. The Bertz CT molecular complexity index is 970. The van der Waals surface area contributed by atoms with Gasteiger partial charge in [-0.25, -0.2) is 4.98 Å². The summed E-state index contributed by atoms with van der Waals surface area (Å²) in [5.41, 5.74) is 2.30. The molecule has 3 nitrogen and oxygen atoms in total. The zero-order valence-electron chi connectivity index (χ0n) is 14.8. The van der Waals surface area contributed by atoms with E-state index >= 15 is 0 Å². The quantitative estimate of drug-likeness (QED) is 0.411. The first-order valence-electron chi connectivity index (χ1n) is 8.42. The van der Waals surface area contributed by atoms with Gasteiger partial charge in [0.15, 0.2) is 5.13 Å². The highest BCUT2D eigenvalue weighted by Gasteiger charge is 2.25. The van der Waals surface area contributed by atoms with Crippen LogP contribution in [0.3, 0.4) is 0 Å². The van der Waals surface area contributed by atoms with E-state index in [0.717, 1.165) is 22.6 Å². The minimum absolute atomic E-state index is 0.0712. The summed E-state index contributed by atoms with van der Waals surface area (Å²) in [6.07, 6.45) is 1.11. The number of aromatic nitrogens is 1. The van der Waals surface area contributed by atoms with E-state index in [9.17, 15) is 4.79 Å².